The summed E-state index contributed by atoms with van der Waals surface area (Å²) in [4.78, 5) is 4.04. The Labute approximate surface area is 78.8 Å². The van der Waals surface area contributed by atoms with Gasteiger partial charge in [0, 0.05) is 19.3 Å². The average molecular weight is 198 g/mol. The van der Waals surface area contributed by atoms with Crippen molar-refractivity contribution in [1.29, 1.82) is 0 Å². The second kappa shape index (κ2) is 6.46. The molecule has 0 saturated carbocycles. The van der Waals surface area contributed by atoms with Crippen LogP contribution in [-0.4, -0.2) is 9.55 Å². The van der Waals surface area contributed by atoms with Gasteiger partial charge in [-0.2, -0.15) is 0 Å². The highest BCUT2D eigenvalue weighted by atomic mass is 35.5. The fourth-order valence-corrected chi connectivity index (χ4v) is 0.685. The molecule has 0 saturated heterocycles. The number of halogens is 2. The lowest BCUT2D eigenvalue weighted by Gasteiger charge is -1.89. The molecule has 0 fully saturated rings. The molecular weight excluding hydrogens is 185 g/mol. The maximum Gasteiger partial charge on any atom is 0.0949 e. The smallest absolute Gasteiger partial charge is 0.0949 e. The van der Waals surface area contributed by atoms with E-state index < -0.39 is 0 Å². The monoisotopic (exact) mass is 197 g/mol. The zero-order chi connectivity index (χ0) is 6.69. The van der Waals surface area contributed by atoms with Gasteiger partial charge in [0.25, 0.3) is 0 Å². The van der Waals surface area contributed by atoms with Crippen LogP contribution in [0.3, 0.4) is 0 Å². The van der Waals surface area contributed by atoms with Crippen molar-refractivity contribution >= 4 is 24.8 Å². The van der Waals surface area contributed by atoms with Crippen LogP contribution in [0.15, 0.2) is 12.5 Å². The molecular formula is C6H13Cl2N3. The highest BCUT2D eigenvalue weighted by Crippen LogP contribution is 1.92. The highest BCUT2D eigenvalue weighted by Gasteiger charge is 1.91. The third-order valence-corrected chi connectivity index (χ3v) is 1.26. The predicted octanol–water partition coefficient (Wildman–Crippen LogP) is 1.21. The second-order valence-corrected chi connectivity index (χ2v) is 1.90. The number of aromatic nitrogens is 2. The Hall–Kier alpha value is -0.250. The topological polar surface area (TPSA) is 43.8 Å². The molecule has 1 aromatic heterocycles. The summed E-state index contributed by atoms with van der Waals surface area (Å²) in [5, 5.41) is 0. The Bertz CT molecular complexity index is 169. The summed E-state index contributed by atoms with van der Waals surface area (Å²) >= 11 is 0. The molecule has 11 heavy (non-hydrogen) atoms. The molecule has 5 heteroatoms. The van der Waals surface area contributed by atoms with E-state index in [2.05, 4.69) is 11.9 Å². The van der Waals surface area contributed by atoms with Gasteiger partial charge >= 0.3 is 0 Å². The van der Waals surface area contributed by atoms with Gasteiger partial charge in [-0.1, -0.05) is 0 Å². The van der Waals surface area contributed by atoms with E-state index in [0.29, 0.717) is 6.54 Å². The van der Waals surface area contributed by atoms with Crippen LogP contribution < -0.4 is 5.73 Å². The molecule has 0 spiro atoms. The molecule has 0 radical (unpaired) electrons. The van der Waals surface area contributed by atoms with Crippen LogP contribution >= 0.6 is 24.8 Å². The van der Waals surface area contributed by atoms with Gasteiger partial charge in [-0.25, -0.2) is 4.98 Å². The van der Waals surface area contributed by atoms with E-state index in [1.165, 1.54) is 0 Å². The maximum absolute atomic E-state index is 5.34. The maximum atomic E-state index is 5.34. The van der Waals surface area contributed by atoms with Crippen LogP contribution in [0.1, 0.15) is 12.6 Å². The molecule has 0 aliphatic carbocycles. The molecule has 66 valence electrons. The van der Waals surface area contributed by atoms with Crippen molar-refractivity contribution in [1.82, 2.24) is 9.55 Å². The molecule has 1 rings (SSSR count). The fraction of sp³-hybridized carbons (Fsp3) is 0.500. The molecule has 0 bridgehead atoms. The van der Waals surface area contributed by atoms with Crippen LogP contribution in [-0.2, 0) is 13.1 Å². The molecule has 0 aliphatic rings. The molecule has 0 aliphatic heterocycles. The quantitative estimate of drug-likeness (QED) is 0.775. The minimum atomic E-state index is 0. The SMILES string of the molecule is CCn1cnc(CN)c1.Cl.Cl. The molecule has 3 nitrogen and oxygen atoms in total. The van der Waals surface area contributed by atoms with Crippen LogP contribution in [0.2, 0.25) is 0 Å². The standard InChI is InChI=1S/C6H11N3.2ClH/c1-2-9-4-6(3-7)8-5-9;;/h4-5H,2-3,7H2,1H3;2*1H. The predicted molar refractivity (Wildman–Crippen MR) is 50.3 cm³/mol. The fourth-order valence-electron chi connectivity index (χ4n) is 0.685. The lowest BCUT2D eigenvalue weighted by atomic mass is 10.5. The Morgan fingerprint density at radius 1 is 1.55 bits per heavy atom. The van der Waals surface area contributed by atoms with E-state index in [0.717, 1.165) is 12.2 Å². The summed E-state index contributed by atoms with van der Waals surface area (Å²) in [6.45, 7) is 3.57. The molecule has 0 amide bonds. The number of nitrogens with two attached hydrogens (primary N) is 1. The molecule has 0 unspecified atom stereocenters. The van der Waals surface area contributed by atoms with Gasteiger partial charge in [0.15, 0.2) is 0 Å². The van der Waals surface area contributed by atoms with Gasteiger partial charge in [-0.15, -0.1) is 24.8 Å². The second-order valence-electron chi connectivity index (χ2n) is 1.90. The lowest BCUT2D eigenvalue weighted by molar-refractivity contribution is 0.760. The van der Waals surface area contributed by atoms with Crippen molar-refractivity contribution in [3.05, 3.63) is 18.2 Å². The zero-order valence-electron chi connectivity index (χ0n) is 6.36. The summed E-state index contributed by atoms with van der Waals surface area (Å²) < 4.78 is 2.00. The third-order valence-electron chi connectivity index (χ3n) is 1.26. The lowest BCUT2D eigenvalue weighted by Crippen LogP contribution is -1.95. The minimum absolute atomic E-state index is 0. The number of nitrogens with zero attached hydrogens (tertiary/aromatic N) is 2. The van der Waals surface area contributed by atoms with Gasteiger partial charge < -0.3 is 10.3 Å². The van der Waals surface area contributed by atoms with Gasteiger partial charge in [-0.05, 0) is 6.92 Å². The van der Waals surface area contributed by atoms with Gasteiger partial charge in [0.05, 0.1) is 12.0 Å². The number of hydrogen-bond acceptors (Lipinski definition) is 2. The first kappa shape index (κ1) is 13.3. The zero-order valence-corrected chi connectivity index (χ0v) is 7.99. The average Bonchev–Trinajstić information content (AvgIpc) is 2.34. The highest BCUT2D eigenvalue weighted by molar-refractivity contribution is 5.85. The molecule has 1 aromatic rings. The van der Waals surface area contributed by atoms with E-state index in [1.807, 2.05) is 10.8 Å². The number of imidazole rings is 1. The van der Waals surface area contributed by atoms with Crippen molar-refractivity contribution in [2.45, 2.75) is 20.0 Å². The minimum Gasteiger partial charge on any atom is -0.337 e. The van der Waals surface area contributed by atoms with E-state index in [4.69, 9.17) is 5.73 Å². The van der Waals surface area contributed by atoms with Crippen LogP contribution in [0.4, 0.5) is 0 Å². The van der Waals surface area contributed by atoms with Crippen molar-refractivity contribution < 1.29 is 0 Å². The molecule has 0 atom stereocenters. The number of aryl methyl sites for hydroxylation is 1. The summed E-state index contributed by atoms with van der Waals surface area (Å²) in [5.41, 5.74) is 6.30. The first-order valence-electron chi connectivity index (χ1n) is 3.07. The van der Waals surface area contributed by atoms with Gasteiger partial charge in [0.2, 0.25) is 0 Å². The first-order chi connectivity index (χ1) is 4.36. The van der Waals surface area contributed by atoms with Gasteiger partial charge in [-0.3, -0.25) is 0 Å². The van der Waals surface area contributed by atoms with E-state index in [9.17, 15) is 0 Å². The Morgan fingerprint density at radius 3 is 2.45 bits per heavy atom. The third kappa shape index (κ3) is 3.60. The van der Waals surface area contributed by atoms with Crippen molar-refractivity contribution in [2.75, 3.05) is 0 Å². The normalized spacial score (nSPS) is 8.18. The Morgan fingerprint density at radius 2 is 2.18 bits per heavy atom. The van der Waals surface area contributed by atoms with Gasteiger partial charge in [0.1, 0.15) is 0 Å². The largest absolute Gasteiger partial charge is 0.337 e. The van der Waals surface area contributed by atoms with E-state index >= 15 is 0 Å². The van der Waals surface area contributed by atoms with E-state index in [1.54, 1.807) is 6.33 Å². The van der Waals surface area contributed by atoms with E-state index in [-0.39, 0.29) is 24.8 Å². The van der Waals surface area contributed by atoms with Crippen LogP contribution in [0.5, 0.6) is 0 Å². The molecule has 1 heterocycles. The molecule has 0 aromatic carbocycles. The van der Waals surface area contributed by atoms with Crippen molar-refractivity contribution in [3.63, 3.8) is 0 Å². The summed E-state index contributed by atoms with van der Waals surface area (Å²) in [7, 11) is 0. The summed E-state index contributed by atoms with van der Waals surface area (Å²) in [6.07, 6.45) is 3.75. The van der Waals surface area contributed by atoms with Crippen LogP contribution in [0, 0.1) is 0 Å². The summed E-state index contributed by atoms with van der Waals surface area (Å²) in [6, 6.07) is 0. The summed E-state index contributed by atoms with van der Waals surface area (Å²) in [5.74, 6) is 0. The molecule has 2 N–H and O–H groups in total. The number of rotatable bonds is 2. The first-order valence-corrected chi connectivity index (χ1v) is 3.07. The Kier molecular flexibility index (Phi) is 7.84. The Balaban J connectivity index is 0. The van der Waals surface area contributed by atoms with Crippen molar-refractivity contribution in [3.8, 4) is 0 Å². The van der Waals surface area contributed by atoms with Crippen molar-refractivity contribution in [2.24, 2.45) is 5.73 Å². The van der Waals surface area contributed by atoms with Crippen LogP contribution in [0.25, 0.3) is 0 Å². The number of hydrogen-bond donors (Lipinski definition) is 1.